The molecule has 1 fully saturated rings. The van der Waals surface area contributed by atoms with Crippen LogP contribution in [0.1, 0.15) is 40.5 Å². The van der Waals surface area contributed by atoms with E-state index in [1.807, 2.05) is 37.3 Å². The van der Waals surface area contributed by atoms with Gasteiger partial charge in [0, 0.05) is 6.54 Å². The largest absolute Gasteiger partial charge is 0.383 e. The van der Waals surface area contributed by atoms with Crippen LogP contribution in [0.25, 0.3) is 11.4 Å². The van der Waals surface area contributed by atoms with E-state index in [0.29, 0.717) is 31.0 Å². The van der Waals surface area contributed by atoms with Crippen LogP contribution in [0, 0.1) is 18.4 Å². The third-order valence-electron chi connectivity index (χ3n) is 5.46. The number of carbonyl (C=O) groups excluding carboxylic acids is 1. The summed E-state index contributed by atoms with van der Waals surface area (Å²) in [6.45, 7) is 3.61. The Morgan fingerprint density at radius 1 is 1.30 bits per heavy atom. The number of primary amides is 1. The normalized spacial score (nSPS) is 16.4. The smallest absolute Gasteiger partial charge is 0.254 e. The van der Waals surface area contributed by atoms with Crippen molar-refractivity contribution in [2.75, 3.05) is 18.8 Å². The molecule has 1 atom stereocenters. The first-order valence-electron chi connectivity index (χ1n) is 9.76. The summed E-state index contributed by atoms with van der Waals surface area (Å²) in [5, 5.41) is 22.3. The highest BCUT2D eigenvalue weighted by Crippen LogP contribution is 2.32. The van der Waals surface area contributed by atoms with Crippen molar-refractivity contribution in [3.05, 3.63) is 47.2 Å². The first-order valence-corrected chi connectivity index (χ1v) is 9.76. The summed E-state index contributed by atoms with van der Waals surface area (Å²) in [4.78, 5) is 13.9. The molecule has 30 heavy (non-hydrogen) atoms. The van der Waals surface area contributed by atoms with E-state index < -0.39 is 5.91 Å². The van der Waals surface area contributed by atoms with Gasteiger partial charge in [-0.3, -0.25) is 4.79 Å². The van der Waals surface area contributed by atoms with Crippen molar-refractivity contribution in [2.24, 2.45) is 5.73 Å². The lowest BCUT2D eigenvalue weighted by molar-refractivity contribution is 0.100. The number of nitrogen functional groups attached to an aromatic ring is 1. The topological polar surface area (TPSA) is 145 Å². The molecule has 3 aromatic rings. The number of carbonyl (C=O) groups is 1. The Morgan fingerprint density at radius 3 is 2.77 bits per heavy atom. The summed E-state index contributed by atoms with van der Waals surface area (Å²) < 4.78 is 3.36. The van der Waals surface area contributed by atoms with Gasteiger partial charge in [0.15, 0.2) is 6.19 Å². The van der Waals surface area contributed by atoms with Crippen LogP contribution < -0.4 is 11.5 Å². The average molecular weight is 405 g/mol. The SMILES string of the molecule is Cc1c(-c2nn(C3CCCN(C#N)C3)c(N)c2C(N)=O)nnn1Cc1ccccc1. The van der Waals surface area contributed by atoms with Crippen LogP contribution in [0.4, 0.5) is 5.82 Å². The lowest BCUT2D eigenvalue weighted by Crippen LogP contribution is -2.34. The Kier molecular flexibility index (Phi) is 5.10. The Balaban J connectivity index is 1.72. The number of anilines is 1. The Morgan fingerprint density at radius 2 is 2.07 bits per heavy atom. The van der Waals surface area contributed by atoms with Crippen LogP contribution in [0.5, 0.6) is 0 Å². The summed E-state index contributed by atoms with van der Waals surface area (Å²) in [6.07, 6.45) is 3.81. The molecule has 4 rings (SSSR count). The van der Waals surface area contributed by atoms with Crippen LogP contribution in [0.15, 0.2) is 30.3 Å². The Labute approximate surface area is 173 Å². The van der Waals surface area contributed by atoms with Gasteiger partial charge in [-0.25, -0.2) is 9.36 Å². The molecule has 1 aliphatic rings. The fourth-order valence-electron chi connectivity index (χ4n) is 3.87. The maximum absolute atomic E-state index is 12.2. The molecule has 0 spiro atoms. The molecule has 0 radical (unpaired) electrons. The third kappa shape index (κ3) is 3.45. The van der Waals surface area contributed by atoms with E-state index in [0.717, 1.165) is 24.1 Å². The molecule has 4 N–H and O–H groups in total. The van der Waals surface area contributed by atoms with Crippen molar-refractivity contribution in [1.29, 1.82) is 5.26 Å². The second-order valence-electron chi connectivity index (χ2n) is 7.43. The lowest BCUT2D eigenvalue weighted by Gasteiger charge is -2.29. The van der Waals surface area contributed by atoms with Gasteiger partial charge in [0.25, 0.3) is 5.91 Å². The average Bonchev–Trinajstić information content (AvgIpc) is 3.28. The zero-order valence-corrected chi connectivity index (χ0v) is 16.7. The minimum absolute atomic E-state index is 0.120. The van der Waals surface area contributed by atoms with Crippen LogP contribution in [0.3, 0.4) is 0 Å². The molecule has 1 aromatic carbocycles. The highest BCUT2D eigenvalue weighted by Gasteiger charge is 2.30. The van der Waals surface area contributed by atoms with Crippen molar-refractivity contribution in [2.45, 2.75) is 32.4 Å². The molecular weight excluding hydrogens is 382 g/mol. The molecule has 0 aliphatic carbocycles. The minimum Gasteiger partial charge on any atom is -0.383 e. The van der Waals surface area contributed by atoms with Crippen LogP contribution in [0.2, 0.25) is 0 Å². The van der Waals surface area contributed by atoms with E-state index in [4.69, 9.17) is 11.5 Å². The molecule has 154 valence electrons. The highest BCUT2D eigenvalue weighted by molar-refractivity contribution is 6.03. The van der Waals surface area contributed by atoms with Gasteiger partial charge in [-0.05, 0) is 25.3 Å². The quantitative estimate of drug-likeness (QED) is 0.608. The first kappa shape index (κ1) is 19.4. The van der Waals surface area contributed by atoms with Gasteiger partial charge < -0.3 is 16.4 Å². The highest BCUT2D eigenvalue weighted by atomic mass is 16.1. The lowest BCUT2D eigenvalue weighted by atomic mass is 10.1. The molecule has 1 unspecified atom stereocenters. The predicted octanol–water partition coefficient (Wildman–Crippen LogP) is 1.30. The van der Waals surface area contributed by atoms with Gasteiger partial charge >= 0.3 is 0 Å². The summed E-state index contributed by atoms with van der Waals surface area (Å²) in [6, 6.07) is 9.77. The maximum Gasteiger partial charge on any atom is 0.254 e. The number of nitriles is 1. The number of amides is 1. The molecule has 1 amide bonds. The van der Waals surface area contributed by atoms with E-state index in [2.05, 4.69) is 21.6 Å². The van der Waals surface area contributed by atoms with E-state index >= 15 is 0 Å². The standard InChI is InChI=1S/C20H23N9O/c1-13-17(24-26-28(13)10-14-6-3-2-4-7-14)18-16(20(23)30)19(22)29(25-18)15-8-5-9-27(11-15)12-21/h2-4,6-7,15H,5,8-11,22H2,1H3,(H2,23,30). The molecule has 3 heterocycles. The maximum atomic E-state index is 12.2. The second-order valence-corrected chi connectivity index (χ2v) is 7.43. The monoisotopic (exact) mass is 405 g/mol. The Hall–Kier alpha value is -3.87. The zero-order chi connectivity index (χ0) is 21.3. The number of hydrogen-bond donors (Lipinski definition) is 2. The van der Waals surface area contributed by atoms with Gasteiger partial charge in [-0.15, -0.1) is 5.10 Å². The van der Waals surface area contributed by atoms with Gasteiger partial charge in [-0.1, -0.05) is 35.5 Å². The van der Waals surface area contributed by atoms with Crippen molar-refractivity contribution in [3.8, 4) is 17.6 Å². The van der Waals surface area contributed by atoms with Gasteiger partial charge in [-0.2, -0.15) is 10.4 Å². The number of rotatable bonds is 5. The van der Waals surface area contributed by atoms with Crippen molar-refractivity contribution < 1.29 is 4.79 Å². The fourth-order valence-corrected chi connectivity index (χ4v) is 3.87. The summed E-state index contributed by atoms with van der Waals surface area (Å²) in [5.74, 6) is -0.474. The number of benzene rings is 1. The molecular formula is C20H23N9O. The minimum atomic E-state index is -0.668. The third-order valence-corrected chi connectivity index (χ3v) is 5.46. The molecule has 0 saturated carbocycles. The van der Waals surface area contributed by atoms with Crippen LogP contribution >= 0.6 is 0 Å². The van der Waals surface area contributed by atoms with Gasteiger partial charge in [0.2, 0.25) is 0 Å². The van der Waals surface area contributed by atoms with Crippen molar-refractivity contribution in [1.82, 2.24) is 29.7 Å². The number of nitrogens with zero attached hydrogens (tertiary/aromatic N) is 7. The molecule has 10 heteroatoms. The second kappa shape index (κ2) is 7.87. The number of nitrogens with two attached hydrogens (primary N) is 2. The fraction of sp³-hybridized carbons (Fsp3) is 0.350. The predicted molar refractivity (Wildman–Crippen MR) is 110 cm³/mol. The van der Waals surface area contributed by atoms with Crippen molar-refractivity contribution >= 4 is 11.7 Å². The van der Waals surface area contributed by atoms with Crippen LogP contribution in [-0.4, -0.2) is 48.7 Å². The summed E-state index contributed by atoms with van der Waals surface area (Å²) in [5.41, 5.74) is 14.7. The first-order chi connectivity index (χ1) is 14.5. The molecule has 1 aliphatic heterocycles. The summed E-state index contributed by atoms with van der Waals surface area (Å²) in [7, 11) is 0. The number of hydrogen-bond acceptors (Lipinski definition) is 7. The Bertz CT molecular complexity index is 1110. The van der Waals surface area contributed by atoms with E-state index in [-0.39, 0.29) is 17.4 Å². The van der Waals surface area contributed by atoms with E-state index in [1.54, 1.807) is 14.3 Å². The molecule has 0 bridgehead atoms. The zero-order valence-electron chi connectivity index (χ0n) is 16.7. The van der Waals surface area contributed by atoms with E-state index in [1.165, 1.54) is 0 Å². The molecule has 10 nitrogen and oxygen atoms in total. The number of piperidine rings is 1. The molecule has 2 aromatic heterocycles. The summed E-state index contributed by atoms with van der Waals surface area (Å²) >= 11 is 0. The number of likely N-dealkylation sites (tertiary alicyclic amines) is 1. The van der Waals surface area contributed by atoms with Crippen LogP contribution in [-0.2, 0) is 6.54 Å². The molecule has 1 saturated heterocycles. The van der Waals surface area contributed by atoms with Gasteiger partial charge in [0.05, 0.1) is 24.8 Å². The number of aromatic nitrogens is 5. The van der Waals surface area contributed by atoms with Crippen molar-refractivity contribution in [3.63, 3.8) is 0 Å². The van der Waals surface area contributed by atoms with E-state index in [9.17, 15) is 10.1 Å². The van der Waals surface area contributed by atoms with Gasteiger partial charge in [0.1, 0.15) is 22.8 Å².